The lowest BCUT2D eigenvalue weighted by atomic mass is 10.0. The van der Waals surface area contributed by atoms with Crippen molar-refractivity contribution in [2.24, 2.45) is 0 Å². The van der Waals surface area contributed by atoms with Gasteiger partial charge in [-0.25, -0.2) is 4.39 Å². The lowest BCUT2D eigenvalue weighted by Crippen LogP contribution is -2.22. The van der Waals surface area contributed by atoms with E-state index in [1.807, 2.05) is 6.07 Å². The van der Waals surface area contributed by atoms with Gasteiger partial charge >= 0.3 is 0 Å². The molecule has 0 saturated carbocycles. The molecule has 0 aliphatic heterocycles. The number of hydrogen-bond acceptors (Lipinski definition) is 2. The lowest BCUT2D eigenvalue weighted by molar-refractivity contribution is 0.549. The molecular weight excluding hydrogens is 313 g/mol. The molecule has 2 aromatic rings. The Hall–Kier alpha value is -0.710. The number of nitrogens with one attached hydrogen (secondary N) is 1. The van der Waals surface area contributed by atoms with E-state index in [0.29, 0.717) is 0 Å². The van der Waals surface area contributed by atoms with E-state index >= 15 is 0 Å². The van der Waals surface area contributed by atoms with Crippen LogP contribution in [0.4, 0.5) is 4.39 Å². The number of rotatable bonds is 5. The van der Waals surface area contributed by atoms with Gasteiger partial charge in [-0.3, -0.25) is 0 Å². The summed E-state index contributed by atoms with van der Waals surface area (Å²) in [5.74, 6) is -0.207. The summed E-state index contributed by atoms with van der Waals surface area (Å²) in [5, 5.41) is 7.71. The molecule has 0 amide bonds. The van der Waals surface area contributed by atoms with Gasteiger partial charge in [-0.05, 0) is 53.1 Å². The highest BCUT2D eigenvalue weighted by Gasteiger charge is 2.13. The number of halogens is 2. The van der Waals surface area contributed by atoms with Crippen molar-refractivity contribution < 1.29 is 4.39 Å². The minimum atomic E-state index is -0.207. The van der Waals surface area contributed by atoms with Crippen molar-refractivity contribution in [3.63, 3.8) is 0 Å². The molecule has 0 spiro atoms. The van der Waals surface area contributed by atoms with Crippen molar-refractivity contribution in [1.82, 2.24) is 5.32 Å². The second kappa shape index (κ2) is 6.45. The first kappa shape index (κ1) is 13.7. The second-order valence-corrected chi connectivity index (χ2v) is 5.74. The normalized spacial score (nSPS) is 12.6. The summed E-state index contributed by atoms with van der Waals surface area (Å²) < 4.78 is 13.9. The van der Waals surface area contributed by atoms with Crippen LogP contribution in [0, 0.1) is 5.82 Å². The van der Waals surface area contributed by atoms with E-state index in [-0.39, 0.29) is 11.9 Å². The second-order valence-electron chi connectivity index (χ2n) is 4.11. The maximum absolute atomic E-state index is 13.1. The van der Waals surface area contributed by atoms with Gasteiger partial charge < -0.3 is 5.32 Å². The zero-order chi connectivity index (χ0) is 13.0. The standard InChI is InChI=1S/C14H15BrFNS/c1-2-17-14(11-5-6-18-9-11)7-10-3-4-12(16)8-13(10)15/h3-6,8-9,14,17H,2,7H2,1H3. The molecule has 0 aliphatic carbocycles. The third-order valence-corrected chi connectivity index (χ3v) is 4.27. The first-order valence-corrected chi connectivity index (χ1v) is 7.63. The molecule has 1 heterocycles. The molecule has 1 aromatic heterocycles. The highest BCUT2D eigenvalue weighted by molar-refractivity contribution is 9.10. The predicted molar refractivity (Wildman–Crippen MR) is 78.5 cm³/mol. The van der Waals surface area contributed by atoms with E-state index in [0.717, 1.165) is 23.0 Å². The SMILES string of the molecule is CCNC(Cc1ccc(F)cc1Br)c1ccsc1. The van der Waals surface area contributed by atoms with Crippen molar-refractivity contribution >= 4 is 27.3 Å². The molecule has 0 bridgehead atoms. The van der Waals surface area contributed by atoms with Gasteiger partial charge in [0, 0.05) is 10.5 Å². The van der Waals surface area contributed by atoms with Crippen LogP contribution in [0.25, 0.3) is 0 Å². The fraction of sp³-hybridized carbons (Fsp3) is 0.286. The van der Waals surface area contributed by atoms with Gasteiger partial charge in [0.15, 0.2) is 0 Å². The van der Waals surface area contributed by atoms with E-state index in [2.05, 4.69) is 45.0 Å². The third kappa shape index (κ3) is 3.40. The van der Waals surface area contributed by atoms with Crippen LogP contribution in [-0.4, -0.2) is 6.54 Å². The summed E-state index contributed by atoms with van der Waals surface area (Å²) in [6, 6.07) is 7.29. The molecule has 1 atom stereocenters. The largest absolute Gasteiger partial charge is 0.310 e. The average molecular weight is 328 g/mol. The highest BCUT2D eigenvalue weighted by atomic mass is 79.9. The zero-order valence-electron chi connectivity index (χ0n) is 10.1. The van der Waals surface area contributed by atoms with Crippen molar-refractivity contribution in [2.75, 3.05) is 6.54 Å². The number of benzene rings is 1. The number of likely N-dealkylation sites (N-methyl/N-ethyl adjacent to an activating group) is 1. The maximum Gasteiger partial charge on any atom is 0.124 e. The topological polar surface area (TPSA) is 12.0 Å². The molecule has 0 fully saturated rings. The summed E-state index contributed by atoms with van der Waals surface area (Å²) in [6.45, 7) is 3.01. The van der Waals surface area contributed by atoms with Crippen LogP contribution in [0.5, 0.6) is 0 Å². The monoisotopic (exact) mass is 327 g/mol. The minimum Gasteiger partial charge on any atom is -0.310 e. The minimum absolute atomic E-state index is 0.207. The fourth-order valence-electron chi connectivity index (χ4n) is 1.93. The van der Waals surface area contributed by atoms with E-state index < -0.39 is 0 Å². The number of hydrogen-bond donors (Lipinski definition) is 1. The molecule has 1 aromatic carbocycles. The zero-order valence-corrected chi connectivity index (χ0v) is 12.5. The smallest absolute Gasteiger partial charge is 0.124 e. The van der Waals surface area contributed by atoms with E-state index in [1.54, 1.807) is 11.3 Å². The quantitative estimate of drug-likeness (QED) is 0.849. The Bertz CT molecular complexity index is 499. The molecule has 0 aliphatic rings. The molecule has 18 heavy (non-hydrogen) atoms. The Morgan fingerprint density at radius 2 is 2.22 bits per heavy atom. The van der Waals surface area contributed by atoms with Crippen molar-refractivity contribution in [2.45, 2.75) is 19.4 Å². The van der Waals surface area contributed by atoms with Gasteiger partial charge in [0.25, 0.3) is 0 Å². The Morgan fingerprint density at radius 1 is 1.39 bits per heavy atom. The van der Waals surface area contributed by atoms with Gasteiger partial charge in [-0.1, -0.05) is 28.9 Å². The van der Waals surface area contributed by atoms with Gasteiger partial charge in [0.2, 0.25) is 0 Å². The highest BCUT2D eigenvalue weighted by Crippen LogP contribution is 2.25. The van der Waals surface area contributed by atoms with Crippen molar-refractivity contribution in [3.05, 3.63) is 56.4 Å². The lowest BCUT2D eigenvalue weighted by Gasteiger charge is -2.17. The molecule has 4 heteroatoms. The molecule has 2 rings (SSSR count). The number of thiophene rings is 1. The summed E-state index contributed by atoms with van der Waals surface area (Å²) in [5.41, 5.74) is 2.41. The first-order valence-electron chi connectivity index (χ1n) is 5.90. The van der Waals surface area contributed by atoms with Gasteiger partial charge in [-0.15, -0.1) is 0 Å². The Balaban J connectivity index is 2.18. The van der Waals surface area contributed by atoms with Crippen molar-refractivity contribution in [3.8, 4) is 0 Å². The molecule has 96 valence electrons. The van der Waals surface area contributed by atoms with E-state index in [4.69, 9.17) is 0 Å². The Kier molecular flexibility index (Phi) is 4.92. The Labute approximate surface area is 119 Å². The molecule has 1 unspecified atom stereocenters. The van der Waals surface area contributed by atoms with Crippen molar-refractivity contribution in [1.29, 1.82) is 0 Å². The van der Waals surface area contributed by atoms with Crippen LogP contribution >= 0.6 is 27.3 Å². The fourth-order valence-corrected chi connectivity index (χ4v) is 3.16. The van der Waals surface area contributed by atoms with E-state index in [1.165, 1.54) is 17.7 Å². The van der Waals surface area contributed by atoms with Crippen LogP contribution < -0.4 is 5.32 Å². The van der Waals surface area contributed by atoms with Crippen LogP contribution in [0.2, 0.25) is 0 Å². The maximum atomic E-state index is 13.1. The average Bonchev–Trinajstić information content (AvgIpc) is 2.85. The van der Waals surface area contributed by atoms with Crippen LogP contribution in [0.1, 0.15) is 24.1 Å². The predicted octanol–water partition coefficient (Wildman–Crippen LogP) is 4.54. The Morgan fingerprint density at radius 3 is 2.83 bits per heavy atom. The van der Waals surface area contributed by atoms with Gasteiger partial charge in [0.05, 0.1) is 0 Å². The van der Waals surface area contributed by atoms with Crippen LogP contribution in [-0.2, 0) is 6.42 Å². The molecular formula is C14H15BrFNS. The molecule has 0 radical (unpaired) electrons. The summed E-state index contributed by atoms with van der Waals surface area (Å²) >= 11 is 5.12. The summed E-state index contributed by atoms with van der Waals surface area (Å²) in [7, 11) is 0. The third-order valence-electron chi connectivity index (χ3n) is 2.84. The van der Waals surface area contributed by atoms with Gasteiger partial charge in [0.1, 0.15) is 5.82 Å². The molecule has 1 N–H and O–H groups in total. The van der Waals surface area contributed by atoms with Crippen LogP contribution in [0.15, 0.2) is 39.5 Å². The van der Waals surface area contributed by atoms with Gasteiger partial charge in [-0.2, -0.15) is 11.3 Å². The van der Waals surface area contributed by atoms with Crippen LogP contribution in [0.3, 0.4) is 0 Å². The molecule has 1 nitrogen and oxygen atoms in total. The summed E-state index contributed by atoms with van der Waals surface area (Å²) in [4.78, 5) is 0. The first-order chi connectivity index (χ1) is 8.70. The van der Waals surface area contributed by atoms with E-state index in [9.17, 15) is 4.39 Å². The summed E-state index contributed by atoms with van der Waals surface area (Å²) in [6.07, 6.45) is 0.853. The molecule has 0 saturated heterocycles.